The van der Waals surface area contributed by atoms with Gasteiger partial charge in [-0.3, -0.25) is 10.1 Å². The molecular weight excluding hydrogens is 405 g/mol. The molecular formula is C19H17Cl2N3O2S. The number of amides is 1. The van der Waals surface area contributed by atoms with Gasteiger partial charge in [0.25, 0.3) is 5.91 Å². The molecule has 5 nitrogen and oxygen atoms in total. The average Bonchev–Trinajstić information content (AvgIpc) is 3.03. The largest absolute Gasteiger partial charge is 0.407 e. The standard InChI is InChI=1S/C19H17Cl2N3O2S/c1-11(2)27-14-6-3-12(4-7-14)9-17-23-24-19(26-17)22-18(25)15-8-5-13(20)10-16(15)21/h3-8,10-11H,9H2,1-2H3,(H,22,24,25). The highest BCUT2D eigenvalue weighted by atomic mass is 35.5. The third-order valence-corrected chi connectivity index (χ3v) is 5.08. The summed E-state index contributed by atoms with van der Waals surface area (Å²) in [5.41, 5.74) is 1.32. The monoisotopic (exact) mass is 421 g/mol. The normalized spacial score (nSPS) is 11.0. The van der Waals surface area contributed by atoms with Crippen molar-refractivity contribution in [2.75, 3.05) is 5.32 Å². The Kier molecular flexibility index (Phi) is 6.42. The Bertz CT molecular complexity index is 942. The number of rotatable bonds is 6. The van der Waals surface area contributed by atoms with E-state index >= 15 is 0 Å². The van der Waals surface area contributed by atoms with Crippen LogP contribution in [0.1, 0.15) is 35.7 Å². The van der Waals surface area contributed by atoms with Crippen molar-refractivity contribution in [3.63, 3.8) is 0 Å². The Morgan fingerprint density at radius 2 is 1.89 bits per heavy atom. The molecule has 0 radical (unpaired) electrons. The van der Waals surface area contributed by atoms with E-state index in [-0.39, 0.29) is 16.6 Å². The molecule has 0 fully saturated rings. The van der Waals surface area contributed by atoms with Crippen LogP contribution in [0.2, 0.25) is 10.0 Å². The summed E-state index contributed by atoms with van der Waals surface area (Å²) in [7, 11) is 0. The number of nitrogens with one attached hydrogen (secondary N) is 1. The number of carbonyl (C=O) groups excluding carboxylic acids is 1. The Morgan fingerprint density at radius 1 is 1.15 bits per heavy atom. The topological polar surface area (TPSA) is 68.0 Å². The summed E-state index contributed by atoms with van der Waals surface area (Å²) in [4.78, 5) is 13.5. The number of aromatic nitrogens is 2. The third kappa shape index (κ3) is 5.48. The first-order valence-corrected chi connectivity index (χ1v) is 9.88. The van der Waals surface area contributed by atoms with Gasteiger partial charge in [0.05, 0.1) is 17.0 Å². The van der Waals surface area contributed by atoms with Gasteiger partial charge in [0, 0.05) is 15.2 Å². The summed E-state index contributed by atoms with van der Waals surface area (Å²) in [6.07, 6.45) is 0.483. The second-order valence-electron chi connectivity index (χ2n) is 6.07. The Morgan fingerprint density at radius 3 is 2.56 bits per heavy atom. The molecule has 2 aromatic carbocycles. The molecule has 3 aromatic rings. The molecule has 1 amide bonds. The fourth-order valence-corrected chi connectivity index (χ4v) is 3.68. The van der Waals surface area contributed by atoms with Gasteiger partial charge in [0.1, 0.15) is 0 Å². The summed E-state index contributed by atoms with van der Waals surface area (Å²) in [5, 5.41) is 11.6. The summed E-state index contributed by atoms with van der Waals surface area (Å²) < 4.78 is 5.51. The van der Waals surface area contributed by atoms with Gasteiger partial charge in [-0.2, -0.15) is 0 Å². The number of carbonyl (C=O) groups is 1. The Balaban J connectivity index is 1.63. The molecule has 0 aliphatic carbocycles. The second-order valence-corrected chi connectivity index (χ2v) is 8.56. The van der Waals surface area contributed by atoms with E-state index in [1.807, 2.05) is 12.1 Å². The molecule has 0 bridgehead atoms. The van der Waals surface area contributed by atoms with Crippen molar-refractivity contribution >= 4 is 46.9 Å². The van der Waals surface area contributed by atoms with E-state index in [1.165, 1.54) is 17.0 Å². The zero-order valence-electron chi connectivity index (χ0n) is 14.7. The summed E-state index contributed by atoms with van der Waals surface area (Å²) in [6, 6.07) is 12.8. The van der Waals surface area contributed by atoms with E-state index < -0.39 is 5.91 Å². The predicted molar refractivity (Wildman–Crippen MR) is 109 cm³/mol. The molecule has 1 heterocycles. The lowest BCUT2D eigenvalue weighted by Gasteiger charge is -2.05. The van der Waals surface area contributed by atoms with E-state index in [1.54, 1.807) is 17.8 Å². The molecule has 27 heavy (non-hydrogen) atoms. The van der Waals surface area contributed by atoms with Gasteiger partial charge in [-0.15, -0.1) is 16.9 Å². The zero-order valence-corrected chi connectivity index (χ0v) is 17.0. The molecule has 0 spiro atoms. The molecule has 8 heteroatoms. The van der Waals surface area contributed by atoms with Crippen LogP contribution in [0.4, 0.5) is 6.01 Å². The first-order chi connectivity index (χ1) is 12.9. The summed E-state index contributed by atoms with van der Waals surface area (Å²) >= 11 is 13.7. The Hall–Kier alpha value is -2.02. The van der Waals surface area contributed by atoms with E-state index in [0.29, 0.717) is 22.6 Å². The van der Waals surface area contributed by atoms with Crippen LogP contribution >= 0.6 is 35.0 Å². The maximum absolute atomic E-state index is 12.3. The van der Waals surface area contributed by atoms with Gasteiger partial charge >= 0.3 is 6.01 Å². The van der Waals surface area contributed by atoms with Crippen LogP contribution in [0.15, 0.2) is 51.8 Å². The number of benzene rings is 2. The van der Waals surface area contributed by atoms with E-state index in [2.05, 4.69) is 41.5 Å². The molecule has 3 rings (SSSR count). The van der Waals surface area contributed by atoms with Gasteiger partial charge in [-0.25, -0.2) is 0 Å². The van der Waals surface area contributed by atoms with Gasteiger partial charge in [-0.1, -0.05) is 54.3 Å². The number of hydrogen-bond donors (Lipinski definition) is 1. The van der Waals surface area contributed by atoms with Gasteiger partial charge in [0.15, 0.2) is 0 Å². The van der Waals surface area contributed by atoms with E-state index in [4.69, 9.17) is 27.6 Å². The van der Waals surface area contributed by atoms with Crippen molar-refractivity contribution in [2.45, 2.75) is 30.4 Å². The van der Waals surface area contributed by atoms with Crippen molar-refractivity contribution < 1.29 is 9.21 Å². The quantitative estimate of drug-likeness (QED) is 0.515. The van der Waals surface area contributed by atoms with E-state index in [0.717, 1.165) is 5.56 Å². The molecule has 140 valence electrons. The first kappa shape index (κ1) is 19.7. The van der Waals surface area contributed by atoms with Crippen LogP contribution in [0.3, 0.4) is 0 Å². The minimum atomic E-state index is -0.443. The van der Waals surface area contributed by atoms with E-state index in [9.17, 15) is 4.79 Å². The molecule has 0 atom stereocenters. The number of hydrogen-bond acceptors (Lipinski definition) is 5. The van der Waals surface area contributed by atoms with Crippen molar-refractivity contribution in [1.82, 2.24) is 10.2 Å². The lowest BCUT2D eigenvalue weighted by atomic mass is 10.1. The van der Waals surface area contributed by atoms with Crippen molar-refractivity contribution in [2.24, 2.45) is 0 Å². The average molecular weight is 422 g/mol. The maximum Gasteiger partial charge on any atom is 0.322 e. The summed E-state index contributed by atoms with van der Waals surface area (Å²) in [5.74, 6) is -0.0290. The molecule has 0 aliphatic heterocycles. The third-order valence-electron chi connectivity index (χ3n) is 3.51. The van der Waals surface area contributed by atoms with Gasteiger partial charge in [-0.05, 0) is 35.9 Å². The first-order valence-electron chi connectivity index (χ1n) is 8.25. The van der Waals surface area contributed by atoms with Crippen LogP contribution in [-0.4, -0.2) is 21.4 Å². The fourth-order valence-electron chi connectivity index (χ4n) is 2.35. The number of nitrogens with zero attached hydrogens (tertiary/aromatic N) is 2. The summed E-state index contributed by atoms with van der Waals surface area (Å²) in [6.45, 7) is 4.31. The lowest BCUT2D eigenvalue weighted by molar-refractivity contribution is 0.102. The molecule has 1 N–H and O–H groups in total. The van der Waals surface area contributed by atoms with Gasteiger partial charge < -0.3 is 4.42 Å². The van der Waals surface area contributed by atoms with Crippen LogP contribution in [0.25, 0.3) is 0 Å². The smallest absolute Gasteiger partial charge is 0.322 e. The molecule has 0 saturated heterocycles. The molecule has 0 aliphatic rings. The minimum absolute atomic E-state index is 0.0213. The minimum Gasteiger partial charge on any atom is -0.407 e. The fraction of sp³-hybridized carbons (Fsp3) is 0.211. The molecule has 0 unspecified atom stereocenters. The highest BCUT2D eigenvalue weighted by Crippen LogP contribution is 2.24. The highest BCUT2D eigenvalue weighted by molar-refractivity contribution is 7.99. The van der Waals surface area contributed by atoms with Gasteiger partial charge in [0.2, 0.25) is 5.89 Å². The number of thioether (sulfide) groups is 1. The number of anilines is 1. The van der Waals surface area contributed by atoms with Crippen LogP contribution < -0.4 is 5.32 Å². The van der Waals surface area contributed by atoms with Crippen molar-refractivity contribution in [3.05, 3.63) is 69.5 Å². The zero-order chi connectivity index (χ0) is 19.4. The second kappa shape index (κ2) is 8.78. The maximum atomic E-state index is 12.3. The highest BCUT2D eigenvalue weighted by Gasteiger charge is 2.15. The van der Waals surface area contributed by atoms with Crippen molar-refractivity contribution in [3.8, 4) is 0 Å². The van der Waals surface area contributed by atoms with Crippen molar-refractivity contribution in [1.29, 1.82) is 0 Å². The van der Waals surface area contributed by atoms with Crippen LogP contribution in [-0.2, 0) is 6.42 Å². The van der Waals surface area contributed by atoms with Crippen LogP contribution in [0, 0.1) is 0 Å². The SMILES string of the molecule is CC(C)Sc1ccc(Cc2nnc(NC(=O)c3ccc(Cl)cc3Cl)o2)cc1. The number of halogens is 2. The molecule has 1 aromatic heterocycles. The molecule has 0 saturated carbocycles. The lowest BCUT2D eigenvalue weighted by Crippen LogP contribution is -2.12. The van der Waals surface area contributed by atoms with Crippen LogP contribution in [0.5, 0.6) is 0 Å². The Labute approximate surface area is 171 Å². The predicted octanol–water partition coefficient (Wildman–Crippen LogP) is 5.72.